The van der Waals surface area contributed by atoms with Crippen molar-refractivity contribution in [2.75, 3.05) is 20.8 Å². The highest BCUT2D eigenvalue weighted by molar-refractivity contribution is 6.01. The number of benzene rings is 2. The molecule has 3 aromatic rings. The van der Waals surface area contributed by atoms with Crippen LogP contribution in [0, 0.1) is 12.8 Å². The standard InChI is InChI=1S/C25H30N2O6/c1-15-20(31-2)10-18(11-21(15)32-3)24(28)22(33-14-16-6-4-7-16)13-27-12-17-8-5-9-19(25(29)30)23(17)26-27/h5,8-12,16,22,24,28H,4,6-7,13-14H2,1-3H3,(H,29,30). The normalized spacial score (nSPS) is 15.8. The van der Waals surface area contributed by atoms with Crippen molar-refractivity contribution >= 4 is 16.9 Å². The lowest BCUT2D eigenvalue weighted by molar-refractivity contribution is -0.0684. The van der Waals surface area contributed by atoms with E-state index in [1.807, 2.05) is 13.0 Å². The van der Waals surface area contributed by atoms with Gasteiger partial charge < -0.3 is 24.4 Å². The summed E-state index contributed by atoms with van der Waals surface area (Å²) in [5.74, 6) is 0.716. The van der Waals surface area contributed by atoms with Gasteiger partial charge in [0.25, 0.3) is 0 Å². The van der Waals surface area contributed by atoms with Crippen LogP contribution in [0.5, 0.6) is 11.5 Å². The summed E-state index contributed by atoms with van der Waals surface area (Å²) in [4.78, 5) is 11.6. The number of hydrogen-bond acceptors (Lipinski definition) is 6. The molecule has 0 spiro atoms. The van der Waals surface area contributed by atoms with E-state index < -0.39 is 18.2 Å². The molecule has 0 radical (unpaired) electrons. The van der Waals surface area contributed by atoms with Crippen LogP contribution in [0.25, 0.3) is 10.9 Å². The number of carboxylic acid groups (broad SMARTS) is 1. The summed E-state index contributed by atoms with van der Waals surface area (Å²) >= 11 is 0. The summed E-state index contributed by atoms with van der Waals surface area (Å²) in [5, 5.41) is 26.0. The average Bonchev–Trinajstić information content (AvgIpc) is 3.19. The number of aliphatic hydroxyl groups is 1. The summed E-state index contributed by atoms with van der Waals surface area (Å²) in [6.07, 6.45) is 3.69. The van der Waals surface area contributed by atoms with Gasteiger partial charge in [-0.25, -0.2) is 4.79 Å². The summed E-state index contributed by atoms with van der Waals surface area (Å²) in [5.41, 5.74) is 2.03. The first-order valence-electron chi connectivity index (χ1n) is 11.1. The second kappa shape index (κ2) is 9.80. The Labute approximate surface area is 192 Å². The molecule has 4 rings (SSSR count). The van der Waals surface area contributed by atoms with E-state index in [4.69, 9.17) is 14.2 Å². The lowest BCUT2D eigenvalue weighted by Crippen LogP contribution is -2.31. The van der Waals surface area contributed by atoms with Crippen LogP contribution in [0.15, 0.2) is 36.5 Å². The van der Waals surface area contributed by atoms with Gasteiger partial charge in [0.15, 0.2) is 0 Å². The number of carbonyl (C=O) groups is 1. The van der Waals surface area contributed by atoms with Gasteiger partial charge in [-0.15, -0.1) is 0 Å². The number of aromatic carboxylic acids is 1. The number of hydrogen-bond donors (Lipinski definition) is 2. The van der Waals surface area contributed by atoms with Gasteiger partial charge >= 0.3 is 5.97 Å². The Hall–Kier alpha value is -3.10. The number of methoxy groups -OCH3 is 2. The van der Waals surface area contributed by atoms with Crippen LogP contribution in [0.1, 0.15) is 46.9 Å². The molecule has 0 saturated heterocycles. The Kier molecular flexibility index (Phi) is 6.85. The van der Waals surface area contributed by atoms with Gasteiger partial charge in [-0.1, -0.05) is 18.6 Å². The molecule has 1 aliphatic rings. The monoisotopic (exact) mass is 454 g/mol. The molecule has 2 atom stereocenters. The number of carboxylic acids is 1. The van der Waals surface area contributed by atoms with E-state index in [1.54, 1.807) is 43.3 Å². The third kappa shape index (κ3) is 4.82. The third-order valence-corrected chi connectivity index (χ3v) is 6.42. The molecule has 2 unspecified atom stereocenters. The van der Waals surface area contributed by atoms with Crippen molar-refractivity contribution in [3.8, 4) is 11.5 Å². The first-order valence-corrected chi connectivity index (χ1v) is 11.1. The summed E-state index contributed by atoms with van der Waals surface area (Å²) in [7, 11) is 3.16. The zero-order valence-corrected chi connectivity index (χ0v) is 19.2. The van der Waals surface area contributed by atoms with E-state index in [0.717, 1.165) is 23.8 Å². The summed E-state index contributed by atoms with van der Waals surface area (Å²) < 4.78 is 18.8. The average molecular weight is 455 g/mol. The Balaban J connectivity index is 1.64. The highest BCUT2D eigenvalue weighted by atomic mass is 16.5. The van der Waals surface area contributed by atoms with Gasteiger partial charge in [-0.3, -0.25) is 4.68 Å². The zero-order chi connectivity index (χ0) is 23.5. The Morgan fingerprint density at radius 2 is 1.91 bits per heavy atom. The molecule has 33 heavy (non-hydrogen) atoms. The number of nitrogens with zero attached hydrogens (tertiary/aromatic N) is 2. The first-order chi connectivity index (χ1) is 15.9. The molecule has 0 aliphatic heterocycles. The van der Waals surface area contributed by atoms with Crippen molar-refractivity contribution in [3.63, 3.8) is 0 Å². The molecule has 1 heterocycles. The fourth-order valence-corrected chi connectivity index (χ4v) is 4.20. The highest BCUT2D eigenvalue weighted by Crippen LogP contribution is 2.35. The SMILES string of the molecule is COc1cc(C(O)C(Cn2cc3cccc(C(=O)O)c3n2)OCC2CCC2)cc(OC)c1C. The van der Waals surface area contributed by atoms with Crippen LogP contribution < -0.4 is 9.47 Å². The molecule has 176 valence electrons. The van der Waals surface area contributed by atoms with Crippen molar-refractivity contribution in [1.29, 1.82) is 0 Å². The maximum Gasteiger partial charge on any atom is 0.337 e. The highest BCUT2D eigenvalue weighted by Gasteiger charge is 2.28. The second-order valence-corrected chi connectivity index (χ2v) is 8.56. The van der Waals surface area contributed by atoms with Crippen molar-refractivity contribution in [1.82, 2.24) is 9.78 Å². The van der Waals surface area contributed by atoms with Crippen molar-refractivity contribution in [2.24, 2.45) is 5.92 Å². The molecule has 0 bridgehead atoms. The van der Waals surface area contributed by atoms with Gasteiger partial charge in [-0.2, -0.15) is 5.10 Å². The van der Waals surface area contributed by atoms with Gasteiger partial charge in [0.2, 0.25) is 0 Å². The maximum absolute atomic E-state index is 11.6. The van der Waals surface area contributed by atoms with Crippen LogP contribution in [0.4, 0.5) is 0 Å². The number of ether oxygens (including phenoxy) is 3. The Morgan fingerprint density at radius 1 is 1.21 bits per heavy atom. The van der Waals surface area contributed by atoms with Crippen LogP contribution >= 0.6 is 0 Å². The fraction of sp³-hybridized carbons (Fsp3) is 0.440. The molecule has 1 saturated carbocycles. The molecular weight excluding hydrogens is 424 g/mol. The van der Waals surface area contributed by atoms with E-state index in [9.17, 15) is 15.0 Å². The molecule has 2 N–H and O–H groups in total. The zero-order valence-electron chi connectivity index (χ0n) is 19.2. The van der Waals surface area contributed by atoms with Crippen molar-refractivity contribution in [2.45, 2.75) is 44.9 Å². The van der Waals surface area contributed by atoms with E-state index in [-0.39, 0.29) is 12.1 Å². The van der Waals surface area contributed by atoms with E-state index in [0.29, 0.717) is 35.1 Å². The maximum atomic E-state index is 11.6. The number of rotatable bonds is 10. The van der Waals surface area contributed by atoms with Gasteiger partial charge in [0.05, 0.1) is 32.9 Å². The Morgan fingerprint density at radius 3 is 2.48 bits per heavy atom. The number of fused-ring (bicyclic) bond motifs is 1. The predicted octanol–water partition coefficient (Wildman–Crippen LogP) is 3.98. The topological polar surface area (TPSA) is 103 Å². The van der Waals surface area contributed by atoms with Crippen LogP contribution in [-0.2, 0) is 11.3 Å². The fourth-order valence-electron chi connectivity index (χ4n) is 4.20. The van der Waals surface area contributed by atoms with E-state index in [1.165, 1.54) is 12.5 Å². The summed E-state index contributed by atoms with van der Waals surface area (Å²) in [6, 6.07) is 8.64. The molecule has 8 nitrogen and oxygen atoms in total. The van der Waals surface area contributed by atoms with E-state index in [2.05, 4.69) is 5.10 Å². The van der Waals surface area contributed by atoms with Gasteiger partial charge in [-0.05, 0) is 49.4 Å². The lowest BCUT2D eigenvalue weighted by Gasteiger charge is -2.30. The smallest absolute Gasteiger partial charge is 0.337 e. The summed E-state index contributed by atoms with van der Waals surface area (Å²) in [6.45, 7) is 2.72. The lowest BCUT2D eigenvalue weighted by atomic mass is 9.86. The molecule has 2 aromatic carbocycles. The molecule has 8 heteroatoms. The minimum atomic E-state index is -1.03. The molecule has 1 aromatic heterocycles. The quantitative estimate of drug-likeness (QED) is 0.478. The van der Waals surface area contributed by atoms with Crippen LogP contribution in [0.3, 0.4) is 0 Å². The van der Waals surface area contributed by atoms with Gasteiger partial charge in [0.1, 0.15) is 29.2 Å². The van der Waals surface area contributed by atoms with Crippen LogP contribution in [0.2, 0.25) is 0 Å². The number of aliphatic hydroxyl groups excluding tert-OH is 1. The predicted molar refractivity (Wildman–Crippen MR) is 123 cm³/mol. The molecule has 1 fully saturated rings. The minimum absolute atomic E-state index is 0.145. The Bertz CT molecular complexity index is 1110. The van der Waals surface area contributed by atoms with Gasteiger partial charge in [0, 0.05) is 17.1 Å². The first kappa shape index (κ1) is 23.1. The molecule has 1 aliphatic carbocycles. The number of aromatic nitrogens is 2. The van der Waals surface area contributed by atoms with E-state index >= 15 is 0 Å². The third-order valence-electron chi connectivity index (χ3n) is 6.42. The molecular formula is C25H30N2O6. The minimum Gasteiger partial charge on any atom is -0.496 e. The second-order valence-electron chi connectivity index (χ2n) is 8.56. The largest absolute Gasteiger partial charge is 0.496 e. The van der Waals surface area contributed by atoms with Crippen molar-refractivity contribution in [3.05, 3.63) is 53.2 Å². The van der Waals surface area contributed by atoms with Crippen LogP contribution in [-0.4, -0.2) is 52.9 Å². The molecule has 0 amide bonds. The van der Waals surface area contributed by atoms with Crippen molar-refractivity contribution < 1.29 is 29.2 Å².